The lowest BCUT2D eigenvalue weighted by Crippen LogP contribution is -2.14. The molecule has 0 bridgehead atoms. The summed E-state index contributed by atoms with van der Waals surface area (Å²) >= 11 is 0. The molecule has 0 aliphatic rings. The third-order valence-electron chi connectivity index (χ3n) is 2.78. The molecule has 21 heavy (non-hydrogen) atoms. The third kappa shape index (κ3) is 4.26. The molecule has 0 aliphatic carbocycles. The Morgan fingerprint density at radius 3 is 2.38 bits per heavy atom. The van der Waals surface area contributed by atoms with E-state index < -0.39 is 10.0 Å². The summed E-state index contributed by atoms with van der Waals surface area (Å²) in [6, 6.07) is 12.2. The molecule has 1 aromatic heterocycles. The highest BCUT2D eigenvalue weighted by Crippen LogP contribution is 2.16. The second kappa shape index (κ2) is 6.33. The van der Waals surface area contributed by atoms with E-state index in [1.807, 2.05) is 6.07 Å². The molecule has 7 heteroatoms. The Bertz CT molecular complexity index is 743. The van der Waals surface area contributed by atoms with Crippen LogP contribution in [0.1, 0.15) is 18.4 Å². The highest BCUT2D eigenvalue weighted by atomic mass is 32.2. The van der Waals surface area contributed by atoms with Crippen LogP contribution in [0.25, 0.3) is 0 Å². The molecule has 1 aromatic carbocycles. The van der Waals surface area contributed by atoms with E-state index in [4.69, 9.17) is 9.68 Å². The maximum absolute atomic E-state index is 11.4. The molecular weight excluding hydrogens is 290 g/mol. The fourth-order valence-electron chi connectivity index (χ4n) is 1.63. The fraction of sp³-hybridized carbons (Fsp3) is 0.214. The average Bonchev–Trinajstić information content (AvgIpc) is 2.94. The summed E-state index contributed by atoms with van der Waals surface area (Å²) in [4.78, 5) is 0. The van der Waals surface area contributed by atoms with Gasteiger partial charge >= 0.3 is 0 Å². The minimum Gasteiger partial charge on any atom is -0.449 e. The van der Waals surface area contributed by atoms with Gasteiger partial charge in [-0.2, -0.15) is 5.26 Å². The summed E-state index contributed by atoms with van der Waals surface area (Å²) in [5, 5.41) is 11.8. The van der Waals surface area contributed by atoms with Crippen LogP contribution in [0.3, 0.4) is 0 Å². The molecule has 2 rings (SSSR count). The molecule has 0 saturated heterocycles. The Hall–Kier alpha value is -2.46. The van der Waals surface area contributed by atoms with Gasteiger partial charge in [-0.3, -0.25) is 4.72 Å². The molecule has 2 aromatic rings. The van der Waals surface area contributed by atoms with Crippen molar-refractivity contribution in [3.8, 4) is 6.07 Å². The average molecular weight is 305 g/mol. The number of nitriles is 1. The minimum absolute atomic E-state index is 0.0344. The Kier molecular flexibility index (Phi) is 4.50. The van der Waals surface area contributed by atoms with Crippen LogP contribution in [0.5, 0.6) is 0 Å². The smallest absolute Gasteiger partial charge is 0.232 e. The van der Waals surface area contributed by atoms with E-state index in [9.17, 15) is 8.42 Å². The summed E-state index contributed by atoms with van der Waals surface area (Å²) in [7, 11) is -3.26. The Labute approximate surface area is 123 Å². The van der Waals surface area contributed by atoms with Gasteiger partial charge in [0.15, 0.2) is 0 Å². The lowest BCUT2D eigenvalue weighted by Gasteiger charge is -2.08. The summed E-state index contributed by atoms with van der Waals surface area (Å²) < 4.78 is 30.6. The highest BCUT2D eigenvalue weighted by molar-refractivity contribution is 7.92. The number of anilines is 2. The Balaban J connectivity index is 1.95. The van der Waals surface area contributed by atoms with Crippen molar-refractivity contribution < 1.29 is 12.8 Å². The topological polar surface area (TPSA) is 95.1 Å². The predicted octanol–water partition coefficient (Wildman–Crippen LogP) is 2.52. The van der Waals surface area contributed by atoms with Crippen molar-refractivity contribution in [3.63, 3.8) is 0 Å². The zero-order chi connectivity index (χ0) is 15.3. The lowest BCUT2D eigenvalue weighted by atomic mass is 10.3. The molecule has 0 radical (unpaired) electrons. The molecular formula is C14H15N3O3S. The van der Waals surface area contributed by atoms with Crippen LogP contribution in [0.2, 0.25) is 0 Å². The number of nitrogens with one attached hydrogen (secondary N) is 2. The van der Waals surface area contributed by atoms with Crippen molar-refractivity contribution in [3.05, 3.63) is 47.9 Å². The van der Waals surface area contributed by atoms with Crippen LogP contribution >= 0.6 is 0 Å². The van der Waals surface area contributed by atoms with Crippen LogP contribution in [0.15, 0.2) is 40.8 Å². The van der Waals surface area contributed by atoms with Gasteiger partial charge in [-0.25, -0.2) is 8.42 Å². The Morgan fingerprint density at radius 2 is 1.81 bits per heavy atom. The normalized spacial score (nSPS) is 10.9. The first-order chi connectivity index (χ1) is 10.0. The number of furan rings is 1. The number of sulfonamides is 1. The molecule has 0 amide bonds. The van der Waals surface area contributed by atoms with E-state index in [2.05, 4.69) is 10.0 Å². The molecule has 2 N–H and O–H groups in total. The van der Waals surface area contributed by atoms with Crippen molar-refractivity contribution in [2.45, 2.75) is 13.5 Å². The van der Waals surface area contributed by atoms with Crippen molar-refractivity contribution in [2.24, 2.45) is 0 Å². The number of nitrogens with zero attached hydrogens (tertiary/aromatic N) is 1. The van der Waals surface area contributed by atoms with Crippen LogP contribution < -0.4 is 10.0 Å². The molecule has 0 saturated carbocycles. The van der Waals surface area contributed by atoms with Gasteiger partial charge in [-0.1, -0.05) is 0 Å². The van der Waals surface area contributed by atoms with Gasteiger partial charge in [0.1, 0.15) is 11.8 Å². The van der Waals surface area contributed by atoms with Crippen LogP contribution in [-0.4, -0.2) is 14.2 Å². The van der Waals surface area contributed by atoms with E-state index in [-0.39, 0.29) is 11.5 Å². The van der Waals surface area contributed by atoms with E-state index in [1.165, 1.54) is 0 Å². The van der Waals surface area contributed by atoms with E-state index in [0.717, 1.165) is 5.69 Å². The largest absolute Gasteiger partial charge is 0.449 e. The molecule has 1 heterocycles. The molecule has 6 nitrogen and oxygen atoms in total. The fourth-order valence-corrected chi connectivity index (χ4v) is 2.27. The molecule has 0 atom stereocenters. The van der Waals surface area contributed by atoms with E-state index >= 15 is 0 Å². The van der Waals surface area contributed by atoms with Crippen molar-refractivity contribution in [1.29, 1.82) is 5.26 Å². The molecule has 110 valence electrons. The number of hydrogen-bond acceptors (Lipinski definition) is 5. The van der Waals surface area contributed by atoms with Gasteiger partial charge in [0.2, 0.25) is 15.8 Å². The molecule has 0 unspecified atom stereocenters. The van der Waals surface area contributed by atoms with Gasteiger partial charge in [0, 0.05) is 11.4 Å². The first-order valence-electron chi connectivity index (χ1n) is 6.35. The highest BCUT2D eigenvalue weighted by Gasteiger charge is 2.06. The number of hydrogen-bond donors (Lipinski definition) is 2. The lowest BCUT2D eigenvalue weighted by molar-refractivity contribution is 0.506. The number of benzene rings is 1. The monoisotopic (exact) mass is 305 g/mol. The maximum Gasteiger partial charge on any atom is 0.232 e. The quantitative estimate of drug-likeness (QED) is 0.855. The van der Waals surface area contributed by atoms with Crippen LogP contribution in [0.4, 0.5) is 11.4 Å². The maximum atomic E-state index is 11.4. The summed E-state index contributed by atoms with van der Waals surface area (Å²) in [5.74, 6) is 0.964. The van der Waals surface area contributed by atoms with E-state index in [0.29, 0.717) is 18.0 Å². The van der Waals surface area contributed by atoms with Gasteiger partial charge in [-0.05, 0) is 43.3 Å². The molecule has 0 fully saturated rings. The zero-order valence-electron chi connectivity index (χ0n) is 11.5. The standard InChI is InChI=1S/C14H15N3O3S/c1-2-21(18,19)17-12-5-3-11(4-6-12)16-10-14-8-7-13(9-15)20-14/h3-8,16-17H,2,10H2,1H3. The minimum atomic E-state index is -3.26. The molecule has 0 aliphatic heterocycles. The van der Waals surface area contributed by atoms with Crippen LogP contribution in [0, 0.1) is 11.3 Å². The van der Waals surface area contributed by atoms with Crippen molar-refractivity contribution >= 4 is 21.4 Å². The third-order valence-corrected chi connectivity index (χ3v) is 4.08. The zero-order valence-corrected chi connectivity index (χ0v) is 12.3. The van der Waals surface area contributed by atoms with Gasteiger partial charge in [-0.15, -0.1) is 0 Å². The second-order valence-electron chi connectivity index (χ2n) is 4.31. The molecule has 0 spiro atoms. The SMILES string of the molecule is CCS(=O)(=O)Nc1ccc(NCc2ccc(C#N)o2)cc1. The summed E-state index contributed by atoms with van der Waals surface area (Å²) in [5.41, 5.74) is 1.34. The summed E-state index contributed by atoms with van der Waals surface area (Å²) in [6.07, 6.45) is 0. The second-order valence-corrected chi connectivity index (χ2v) is 6.33. The van der Waals surface area contributed by atoms with Crippen molar-refractivity contribution in [2.75, 3.05) is 15.8 Å². The van der Waals surface area contributed by atoms with Crippen LogP contribution in [-0.2, 0) is 16.6 Å². The first-order valence-corrected chi connectivity index (χ1v) is 8.01. The van der Waals surface area contributed by atoms with E-state index in [1.54, 1.807) is 43.3 Å². The van der Waals surface area contributed by atoms with Crippen molar-refractivity contribution in [1.82, 2.24) is 0 Å². The predicted molar refractivity (Wildman–Crippen MR) is 80.3 cm³/mol. The van der Waals surface area contributed by atoms with Gasteiger partial charge < -0.3 is 9.73 Å². The van der Waals surface area contributed by atoms with Gasteiger partial charge in [0.05, 0.1) is 12.3 Å². The van der Waals surface area contributed by atoms with Gasteiger partial charge in [0.25, 0.3) is 0 Å². The first kappa shape index (κ1) is 14.9. The number of rotatable bonds is 6. The summed E-state index contributed by atoms with van der Waals surface area (Å²) in [6.45, 7) is 2.03. The Morgan fingerprint density at radius 1 is 1.14 bits per heavy atom.